The van der Waals surface area contributed by atoms with E-state index in [4.69, 9.17) is 0 Å². The second-order valence-electron chi connectivity index (χ2n) is 4.06. The van der Waals surface area contributed by atoms with Gasteiger partial charge in [0.25, 0.3) is 5.91 Å². The Bertz CT molecular complexity index is 581. The Hall–Kier alpha value is -2.49. The number of carbonyl (C=O) groups excluding carboxylic acids is 1. The standard InChI is InChI=1S/C15H15NO3/c1-2-16(11-7-4-3-5-8-11)15(19)12-9-6-10-13(17)14(12)18/h3-10,17-18H,2H2,1H3. The van der Waals surface area contributed by atoms with E-state index >= 15 is 0 Å². The Labute approximate surface area is 111 Å². The molecule has 0 aliphatic carbocycles. The van der Waals surface area contributed by atoms with Gasteiger partial charge in [0.2, 0.25) is 0 Å². The monoisotopic (exact) mass is 257 g/mol. The van der Waals surface area contributed by atoms with Crippen molar-refractivity contribution in [3.63, 3.8) is 0 Å². The van der Waals surface area contributed by atoms with Gasteiger partial charge in [0.05, 0.1) is 5.56 Å². The number of para-hydroxylation sites is 2. The summed E-state index contributed by atoms with van der Waals surface area (Å²) in [6.45, 7) is 2.32. The van der Waals surface area contributed by atoms with Crippen LogP contribution >= 0.6 is 0 Å². The third-order valence-corrected chi connectivity index (χ3v) is 2.87. The van der Waals surface area contributed by atoms with Gasteiger partial charge in [-0.3, -0.25) is 4.79 Å². The number of hydrogen-bond donors (Lipinski definition) is 2. The second kappa shape index (κ2) is 5.44. The van der Waals surface area contributed by atoms with E-state index in [1.807, 2.05) is 37.3 Å². The summed E-state index contributed by atoms with van der Waals surface area (Å²) in [6.07, 6.45) is 0. The first kappa shape index (κ1) is 13.0. The molecule has 0 spiro atoms. The number of amides is 1. The summed E-state index contributed by atoms with van der Waals surface area (Å²) >= 11 is 0. The fourth-order valence-electron chi connectivity index (χ4n) is 1.90. The minimum absolute atomic E-state index is 0.0886. The predicted octanol–water partition coefficient (Wildman–Crippen LogP) is 2.76. The van der Waals surface area contributed by atoms with Gasteiger partial charge in [-0.1, -0.05) is 24.3 Å². The molecule has 0 fully saturated rings. The molecule has 0 unspecified atom stereocenters. The fourth-order valence-corrected chi connectivity index (χ4v) is 1.90. The summed E-state index contributed by atoms with van der Waals surface area (Å²) in [5, 5.41) is 19.2. The molecule has 0 aromatic heterocycles. The lowest BCUT2D eigenvalue weighted by Crippen LogP contribution is -2.30. The van der Waals surface area contributed by atoms with Gasteiger partial charge < -0.3 is 15.1 Å². The van der Waals surface area contributed by atoms with Crippen LogP contribution in [0.25, 0.3) is 0 Å². The molecule has 0 radical (unpaired) electrons. The molecule has 0 atom stereocenters. The molecule has 2 N–H and O–H groups in total. The van der Waals surface area contributed by atoms with Crippen molar-refractivity contribution in [1.82, 2.24) is 0 Å². The molecule has 1 amide bonds. The Morgan fingerprint density at radius 1 is 1.05 bits per heavy atom. The number of rotatable bonds is 3. The number of phenols is 2. The first-order valence-corrected chi connectivity index (χ1v) is 6.03. The van der Waals surface area contributed by atoms with E-state index in [2.05, 4.69) is 0 Å². The van der Waals surface area contributed by atoms with Crippen LogP contribution in [0.3, 0.4) is 0 Å². The number of hydrogen-bond acceptors (Lipinski definition) is 3. The van der Waals surface area contributed by atoms with E-state index in [0.717, 1.165) is 5.69 Å². The maximum absolute atomic E-state index is 12.4. The van der Waals surface area contributed by atoms with Crippen LogP contribution in [0.1, 0.15) is 17.3 Å². The van der Waals surface area contributed by atoms with Gasteiger partial charge in [0, 0.05) is 12.2 Å². The Morgan fingerprint density at radius 3 is 2.37 bits per heavy atom. The lowest BCUT2D eigenvalue weighted by atomic mass is 10.1. The van der Waals surface area contributed by atoms with E-state index < -0.39 is 0 Å². The molecule has 0 aliphatic heterocycles. The van der Waals surface area contributed by atoms with Crippen molar-refractivity contribution in [3.05, 3.63) is 54.1 Å². The molecule has 2 aromatic carbocycles. The summed E-state index contributed by atoms with van der Waals surface area (Å²) in [5.41, 5.74) is 0.837. The molecule has 0 heterocycles. The zero-order valence-corrected chi connectivity index (χ0v) is 10.6. The number of nitrogens with zero attached hydrogens (tertiary/aromatic N) is 1. The van der Waals surface area contributed by atoms with Crippen LogP contribution < -0.4 is 4.90 Å². The van der Waals surface area contributed by atoms with E-state index in [0.29, 0.717) is 6.54 Å². The fraction of sp³-hybridized carbons (Fsp3) is 0.133. The zero-order chi connectivity index (χ0) is 13.8. The number of phenolic OH excluding ortho intramolecular Hbond substituents is 2. The third-order valence-electron chi connectivity index (χ3n) is 2.87. The highest BCUT2D eigenvalue weighted by molar-refractivity contribution is 6.08. The molecule has 98 valence electrons. The number of benzene rings is 2. The zero-order valence-electron chi connectivity index (χ0n) is 10.6. The second-order valence-corrected chi connectivity index (χ2v) is 4.06. The van der Waals surface area contributed by atoms with Crippen molar-refractivity contribution in [2.45, 2.75) is 6.92 Å². The largest absolute Gasteiger partial charge is 0.504 e. The van der Waals surface area contributed by atoms with Crippen molar-refractivity contribution in [2.24, 2.45) is 0 Å². The summed E-state index contributed by atoms with van der Waals surface area (Å²) in [6, 6.07) is 13.5. The van der Waals surface area contributed by atoms with Gasteiger partial charge in [-0.2, -0.15) is 0 Å². The molecule has 0 aliphatic rings. The molecule has 4 heteroatoms. The lowest BCUT2D eigenvalue weighted by molar-refractivity contribution is 0.0985. The van der Waals surface area contributed by atoms with Crippen LogP contribution in [0.4, 0.5) is 5.69 Å². The molecular formula is C15H15NO3. The average molecular weight is 257 g/mol. The van der Waals surface area contributed by atoms with Gasteiger partial charge in [0.1, 0.15) is 0 Å². The summed E-state index contributed by atoms with van der Waals surface area (Å²) in [4.78, 5) is 13.9. The van der Waals surface area contributed by atoms with Crippen LogP contribution in [0.15, 0.2) is 48.5 Å². The van der Waals surface area contributed by atoms with E-state index in [1.165, 1.54) is 23.1 Å². The lowest BCUT2D eigenvalue weighted by Gasteiger charge is -2.21. The van der Waals surface area contributed by atoms with Crippen LogP contribution in [0.5, 0.6) is 11.5 Å². The molecule has 19 heavy (non-hydrogen) atoms. The average Bonchev–Trinajstić information content (AvgIpc) is 2.44. The molecule has 0 saturated heterocycles. The van der Waals surface area contributed by atoms with Gasteiger partial charge in [0.15, 0.2) is 11.5 Å². The van der Waals surface area contributed by atoms with Crippen LogP contribution in [-0.2, 0) is 0 Å². The first-order valence-electron chi connectivity index (χ1n) is 6.03. The van der Waals surface area contributed by atoms with Gasteiger partial charge in [-0.15, -0.1) is 0 Å². The highest BCUT2D eigenvalue weighted by Crippen LogP contribution is 2.30. The van der Waals surface area contributed by atoms with Crippen molar-refractivity contribution < 1.29 is 15.0 Å². The quantitative estimate of drug-likeness (QED) is 0.831. The maximum Gasteiger partial charge on any atom is 0.262 e. The molecule has 0 saturated carbocycles. The molecule has 2 rings (SSSR count). The van der Waals surface area contributed by atoms with Gasteiger partial charge in [-0.05, 0) is 31.2 Å². The van der Waals surface area contributed by atoms with Crippen LogP contribution in [0, 0.1) is 0 Å². The van der Waals surface area contributed by atoms with E-state index in [-0.39, 0.29) is 23.0 Å². The number of carbonyl (C=O) groups is 1. The Morgan fingerprint density at radius 2 is 1.74 bits per heavy atom. The number of aromatic hydroxyl groups is 2. The van der Waals surface area contributed by atoms with E-state index in [1.54, 1.807) is 0 Å². The van der Waals surface area contributed by atoms with Crippen LogP contribution in [0.2, 0.25) is 0 Å². The molecule has 4 nitrogen and oxygen atoms in total. The van der Waals surface area contributed by atoms with Crippen molar-refractivity contribution in [1.29, 1.82) is 0 Å². The smallest absolute Gasteiger partial charge is 0.262 e. The highest BCUT2D eigenvalue weighted by Gasteiger charge is 2.20. The first-order chi connectivity index (χ1) is 9.15. The summed E-state index contributed by atoms with van der Waals surface area (Å²) < 4.78 is 0. The predicted molar refractivity (Wildman–Crippen MR) is 73.6 cm³/mol. The highest BCUT2D eigenvalue weighted by atomic mass is 16.3. The molecule has 2 aromatic rings. The Kier molecular flexibility index (Phi) is 3.71. The van der Waals surface area contributed by atoms with Crippen molar-refractivity contribution >= 4 is 11.6 Å². The minimum Gasteiger partial charge on any atom is -0.504 e. The van der Waals surface area contributed by atoms with Crippen LogP contribution in [-0.4, -0.2) is 22.7 Å². The number of anilines is 1. The third kappa shape index (κ3) is 2.52. The summed E-state index contributed by atoms with van der Waals surface area (Å²) in [5.74, 6) is -1.03. The molecule has 0 bridgehead atoms. The normalized spacial score (nSPS) is 10.2. The van der Waals surface area contributed by atoms with Crippen molar-refractivity contribution in [2.75, 3.05) is 11.4 Å². The van der Waals surface area contributed by atoms with E-state index in [9.17, 15) is 15.0 Å². The maximum atomic E-state index is 12.4. The SMILES string of the molecule is CCN(C(=O)c1cccc(O)c1O)c1ccccc1. The van der Waals surface area contributed by atoms with Crippen molar-refractivity contribution in [3.8, 4) is 11.5 Å². The summed E-state index contributed by atoms with van der Waals surface area (Å²) in [7, 11) is 0. The Balaban J connectivity index is 2.39. The molecular weight excluding hydrogens is 242 g/mol. The van der Waals surface area contributed by atoms with Gasteiger partial charge >= 0.3 is 0 Å². The topological polar surface area (TPSA) is 60.8 Å². The van der Waals surface area contributed by atoms with Gasteiger partial charge in [-0.25, -0.2) is 0 Å². The minimum atomic E-state index is -0.387.